The van der Waals surface area contributed by atoms with E-state index in [1.165, 1.54) is 0 Å². The number of hydrogen-bond donors (Lipinski definition) is 2. The summed E-state index contributed by atoms with van der Waals surface area (Å²) in [6, 6.07) is 0. The normalized spacial score (nSPS) is 25.3. The quantitative estimate of drug-likeness (QED) is 0.811. The van der Waals surface area contributed by atoms with Gasteiger partial charge in [0.15, 0.2) is 0 Å². The Morgan fingerprint density at radius 1 is 1.11 bits per heavy atom. The molecule has 0 atom stereocenters. The van der Waals surface area contributed by atoms with Gasteiger partial charge in [0, 0.05) is 19.5 Å². The fourth-order valence-electron chi connectivity index (χ4n) is 3.16. The van der Waals surface area contributed by atoms with Crippen molar-refractivity contribution in [3.05, 3.63) is 0 Å². The van der Waals surface area contributed by atoms with E-state index in [1.54, 1.807) is 11.8 Å². The maximum absolute atomic E-state index is 12.3. The van der Waals surface area contributed by atoms with E-state index in [9.17, 15) is 19.8 Å². The van der Waals surface area contributed by atoms with Crippen LogP contribution in [0.5, 0.6) is 0 Å². The van der Waals surface area contributed by atoms with Gasteiger partial charge in [-0.05, 0) is 32.6 Å². The Morgan fingerprint density at radius 2 is 1.63 bits per heavy atom. The molecule has 1 aliphatic heterocycles. The van der Waals surface area contributed by atoms with Gasteiger partial charge in [0.25, 0.3) is 0 Å². The van der Waals surface area contributed by atoms with E-state index in [4.69, 9.17) is 0 Å². The number of nitrogens with zero attached hydrogens (tertiary/aromatic N) is 1. The number of likely N-dealkylation sites (tertiary alicyclic amines) is 1. The Kier molecular flexibility index (Phi) is 3.85. The Hall–Kier alpha value is -1.10. The van der Waals surface area contributed by atoms with Gasteiger partial charge in [-0.2, -0.15) is 0 Å². The van der Waals surface area contributed by atoms with Crippen molar-refractivity contribution in [3.8, 4) is 0 Å². The standard InChI is InChI=1S/C14H23NO4/c1-13(19)6-8-15(9-7-13)11(16)10-14(12(17)18)4-2-3-5-14/h19H,2-10H2,1H3,(H,17,18). The largest absolute Gasteiger partial charge is 0.481 e. The van der Waals surface area contributed by atoms with Crippen LogP contribution in [0.15, 0.2) is 0 Å². The van der Waals surface area contributed by atoms with Crippen molar-refractivity contribution in [2.45, 2.75) is 57.5 Å². The summed E-state index contributed by atoms with van der Waals surface area (Å²) >= 11 is 0. The molecule has 0 unspecified atom stereocenters. The molecule has 2 N–H and O–H groups in total. The number of carboxylic acids is 1. The molecule has 1 heterocycles. The first-order valence-electron chi connectivity index (χ1n) is 7.08. The number of aliphatic hydroxyl groups is 1. The molecule has 1 amide bonds. The molecule has 0 spiro atoms. The van der Waals surface area contributed by atoms with Gasteiger partial charge in [-0.15, -0.1) is 0 Å². The highest BCUT2D eigenvalue weighted by Crippen LogP contribution is 2.42. The Bertz CT molecular complexity index is 362. The highest BCUT2D eigenvalue weighted by atomic mass is 16.4. The van der Waals surface area contributed by atoms with Crippen LogP contribution in [0, 0.1) is 5.41 Å². The van der Waals surface area contributed by atoms with Crippen LogP contribution in [0.4, 0.5) is 0 Å². The van der Waals surface area contributed by atoms with Crippen LogP contribution >= 0.6 is 0 Å². The van der Waals surface area contributed by atoms with Crippen molar-refractivity contribution >= 4 is 11.9 Å². The van der Waals surface area contributed by atoms with Crippen molar-refractivity contribution in [1.29, 1.82) is 0 Å². The summed E-state index contributed by atoms with van der Waals surface area (Å²) in [5, 5.41) is 19.2. The van der Waals surface area contributed by atoms with Crippen LogP contribution in [-0.4, -0.2) is 45.7 Å². The molecule has 5 nitrogen and oxygen atoms in total. The number of aliphatic carboxylic acids is 1. The number of amides is 1. The van der Waals surface area contributed by atoms with Gasteiger partial charge in [-0.25, -0.2) is 0 Å². The summed E-state index contributed by atoms with van der Waals surface area (Å²) in [5.74, 6) is -0.901. The average Bonchev–Trinajstić information content (AvgIpc) is 2.78. The van der Waals surface area contributed by atoms with Gasteiger partial charge < -0.3 is 15.1 Å². The Balaban J connectivity index is 1.95. The lowest BCUT2D eigenvalue weighted by Crippen LogP contribution is -2.47. The average molecular weight is 269 g/mol. The minimum atomic E-state index is -0.836. The molecule has 0 aromatic carbocycles. The molecule has 0 aromatic heterocycles. The zero-order valence-electron chi connectivity index (χ0n) is 11.5. The molecule has 2 rings (SSSR count). The molecule has 1 aliphatic carbocycles. The van der Waals surface area contributed by atoms with Crippen LogP contribution in [0.25, 0.3) is 0 Å². The second kappa shape index (κ2) is 5.12. The van der Waals surface area contributed by atoms with Crippen molar-refractivity contribution in [2.75, 3.05) is 13.1 Å². The second-order valence-electron chi connectivity index (χ2n) is 6.35. The van der Waals surface area contributed by atoms with Crippen LogP contribution in [0.1, 0.15) is 51.9 Å². The number of rotatable bonds is 3. The highest BCUT2D eigenvalue weighted by molar-refractivity contribution is 5.85. The molecule has 0 bridgehead atoms. The molecule has 2 aliphatic rings. The van der Waals surface area contributed by atoms with Gasteiger partial charge in [0.1, 0.15) is 0 Å². The summed E-state index contributed by atoms with van der Waals surface area (Å²) in [6.07, 6.45) is 4.27. The zero-order valence-corrected chi connectivity index (χ0v) is 11.5. The van der Waals surface area contributed by atoms with Gasteiger partial charge >= 0.3 is 5.97 Å². The number of carbonyl (C=O) groups excluding carboxylic acids is 1. The van der Waals surface area contributed by atoms with Crippen molar-refractivity contribution in [2.24, 2.45) is 5.41 Å². The fraction of sp³-hybridized carbons (Fsp3) is 0.857. The number of hydrogen-bond acceptors (Lipinski definition) is 3. The third-order valence-electron chi connectivity index (χ3n) is 4.70. The number of piperidine rings is 1. The van der Waals surface area contributed by atoms with Gasteiger partial charge in [-0.1, -0.05) is 12.8 Å². The third-order valence-corrected chi connectivity index (χ3v) is 4.70. The maximum Gasteiger partial charge on any atom is 0.310 e. The van der Waals surface area contributed by atoms with Crippen molar-refractivity contribution in [3.63, 3.8) is 0 Å². The molecule has 1 saturated carbocycles. The van der Waals surface area contributed by atoms with E-state index < -0.39 is 17.0 Å². The molecule has 19 heavy (non-hydrogen) atoms. The van der Waals surface area contributed by atoms with E-state index in [1.807, 2.05) is 0 Å². The Labute approximate surface area is 113 Å². The molecular formula is C14H23NO4. The van der Waals surface area contributed by atoms with Gasteiger partial charge in [0.05, 0.1) is 11.0 Å². The molecule has 0 aromatic rings. The van der Waals surface area contributed by atoms with Crippen LogP contribution in [0.3, 0.4) is 0 Å². The van der Waals surface area contributed by atoms with E-state index in [2.05, 4.69) is 0 Å². The lowest BCUT2D eigenvalue weighted by molar-refractivity contribution is -0.154. The van der Waals surface area contributed by atoms with Crippen LogP contribution in [0.2, 0.25) is 0 Å². The van der Waals surface area contributed by atoms with E-state index >= 15 is 0 Å². The van der Waals surface area contributed by atoms with E-state index in [0.717, 1.165) is 12.8 Å². The third kappa shape index (κ3) is 3.08. The summed E-state index contributed by atoms with van der Waals surface area (Å²) < 4.78 is 0. The monoisotopic (exact) mass is 269 g/mol. The topological polar surface area (TPSA) is 77.8 Å². The predicted molar refractivity (Wildman–Crippen MR) is 69.6 cm³/mol. The second-order valence-corrected chi connectivity index (χ2v) is 6.35. The molecule has 2 fully saturated rings. The smallest absolute Gasteiger partial charge is 0.310 e. The van der Waals surface area contributed by atoms with E-state index in [0.29, 0.717) is 38.8 Å². The predicted octanol–water partition coefficient (Wildman–Crippen LogP) is 1.39. The number of carbonyl (C=O) groups is 2. The molecule has 1 saturated heterocycles. The first-order valence-corrected chi connectivity index (χ1v) is 7.08. The molecule has 108 valence electrons. The molecule has 5 heteroatoms. The summed E-state index contributed by atoms with van der Waals surface area (Å²) in [5.41, 5.74) is -1.52. The van der Waals surface area contributed by atoms with Crippen LogP contribution < -0.4 is 0 Å². The van der Waals surface area contributed by atoms with Gasteiger partial charge in [-0.3, -0.25) is 9.59 Å². The first kappa shape index (κ1) is 14.3. The van der Waals surface area contributed by atoms with Crippen molar-refractivity contribution < 1.29 is 19.8 Å². The summed E-state index contributed by atoms with van der Waals surface area (Å²) in [6.45, 7) is 2.84. The molecular weight excluding hydrogens is 246 g/mol. The molecule has 0 radical (unpaired) electrons. The van der Waals surface area contributed by atoms with Gasteiger partial charge in [0.2, 0.25) is 5.91 Å². The summed E-state index contributed by atoms with van der Waals surface area (Å²) in [7, 11) is 0. The summed E-state index contributed by atoms with van der Waals surface area (Å²) in [4.78, 5) is 25.4. The minimum absolute atomic E-state index is 0.0696. The first-order chi connectivity index (χ1) is 8.85. The van der Waals surface area contributed by atoms with E-state index in [-0.39, 0.29) is 12.3 Å². The minimum Gasteiger partial charge on any atom is -0.481 e. The number of carboxylic acid groups (broad SMARTS) is 1. The van der Waals surface area contributed by atoms with Crippen LogP contribution in [-0.2, 0) is 9.59 Å². The SMILES string of the molecule is CC1(O)CCN(C(=O)CC2(C(=O)O)CCCC2)CC1. The van der Waals surface area contributed by atoms with Crippen molar-refractivity contribution in [1.82, 2.24) is 4.90 Å². The fourth-order valence-corrected chi connectivity index (χ4v) is 3.16. The Morgan fingerprint density at radius 3 is 2.11 bits per heavy atom. The maximum atomic E-state index is 12.3. The lowest BCUT2D eigenvalue weighted by atomic mass is 9.82. The zero-order chi connectivity index (χ0) is 14.1. The highest BCUT2D eigenvalue weighted by Gasteiger charge is 2.44. The lowest BCUT2D eigenvalue weighted by Gasteiger charge is -2.37.